The largest absolute Gasteiger partial charge is 0.466 e. The Labute approximate surface area is 125 Å². The Morgan fingerprint density at radius 2 is 1.95 bits per heavy atom. The molecule has 0 N–H and O–H groups in total. The van der Waals surface area contributed by atoms with E-state index >= 15 is 0 Å². The quantitative estimate of drug-likeness (QED) is 0.631. The molecule has 0 radical (unpaired) electrons. The van der Waals surface area contributed by atoms with E-state index in [4.69, 9.17) is 9.47 Å². The molecule has 0 aliphatic carbocycles. The van der Waals surface area contributed by atoms with E-state index in [1.807, 2.05) is 51.1 Å². The predicted octanol–water partition coefficient (Wildman–Crippen LogP) is 3.24. The molecule has 0 amide bonds. The van der Waals surface area contributed by atoms with Gasteiger partial charge in [-0.2, -0.15) is 0 Å². The van der Waals surface area contributed by atoms with Crippen LogP contribution in [0.15, 0.2) is 42.5 Å². The Balaban J connectivity index is 2.19. The molecule has 4 heteroatoms. The van der Waals surface area contributed by atoms with Crippen LogP contribution < -0.4 is 0 Å². The van der Waals surface area contributed by atoms with Crippen molar-refractivity contribution in [3.63, 3.8) is 0 Å². The zero-order valence-electron chi connectivity index (χ0n) is 12.9. The number of carbonyl (C=O) groups is 1. The van der Waals surface area contributed by atoms with E-state index in [0.29, 0.717) is 0 Å². The predicted molar refractivity (Wildman–Crippen MR) is 79.5 cm³/mol. The van der Waals surface area contributed by atoms with E-state index in [1.54, 1.807) is 6.08 Å². The van der Waals surface area contributed by atoms with Crippen LogP contribution in [0.5, 0.6) is 0 Å². The van der Waals surface area contributed by atoms with Crippen LogP contribution in [0.2, 0.25) is 0 Å². The van der Waals surface area contributed by atoms with Crippen LogP contribution in [0, 0.1) is 5.92 Å². The van der Waals surface area contributed by atoms with Gasteiger partial charge in [0.25, 0.3) is 0 Å². The third-order valence-electron chi connectivity index (χ3n) is 3.51. The van der Waals surface area contributed by atoms with E-state index in [2.05, 4.69) is 4.74 Å². The molecule has 1 heterocycles. The van der Waals surface area contributed by atoms with Crippen molar-refractivity contribution in [2.75, 3.05) is 7.11 Å². The van der Waals surface area contributed by atoms with Crippen molar-refractivity contribution >= 4 is 5.97 Å². The second-order valence-electron chi connectivity index (χ2n) is 5.67. The van der Waals surface area contributed by atoms with E-state index in [0.717, 1.165) is 5.56 Å². The Hall–Kier alpha value is -1.65. The van der Waals surface area contributed by atoms with Crippen LogP contribution in [0.1, 0.15) is 32.4 Å². The minimum absolute atomic E-state index is 0.0241. The fraction of sp³-hybridized carbons (Fsp3) is 0.471. The SMILES string of the molecule is COC(=O)/C=C/[C@@H](C)[C@H]1OC(C)(C)O[C@@H]1c1ccccc1. The number of hydrogen-bond donors (Lipinski definition) is 0. The van der Waals surface area contributed by atoms with Gasteiger partial charge in [0.05, 0.1) is 13.2 Å². The minimum Gasteiger partial charge on any atom is -0.466 e. The molecule has 114 valence electrons. The smallest absolute Gasteiger partial charge is 0.330 e. The highest BCUT2D eigenvalue weighted by atomic mass is 16.8. The van der Waals surface area contributed by atoms with Gasteiger partial charge in [0.1, 0.15) is 6.10 Å². The van der Waals surface area contributed by atoms with Gasteiger partial charge >= 0.3 is 5.97 Å². The fourth-order valence-electron chi connectivity index (χ4n) is 2.48. The van der Waals surface area contributed by atoms with E-state index in [1.165, 1.54) is 13.2 Å². The molecule has 3 atom stereocenters. The molecule has 0 spiro atoms. The fourth-order valence-corrected chi connectivity index (χ4v) is 2.48. The molecule has 1 aliphatic heterocycles. The third kappa shape index (κ3) is 3.93. The highest BCUT2D eigenvalue weighted by molar-refractivity contribution is 5.81. The van der Waals surface area contributed by atoms with Gasteiger partial charge in [-0.15, -0.1) is 0 Å². The van der Waals surface area contributed by atoms with Crippen molar-refractivity contribution in [3.05, 3.63) is 48.0 Å². The Bertz CT molecular complexity index is 507. The van der Waals surface area contributed by atoms with Crippen molar-refractivity contribution in [2.45, 2.75) is 38.8 Å². The average Bonchev–Trinajstić information content (AvgIpc) is 2.81. The van der Waals surface area contributed by atoms with Crippen LogP contribution in [0.25, 0.3) is 0 Å². The maximum atomic E-state index is 11.2. The molecular weight excluding hydrogens is 268 g/mol. The van der Waals surface area contributed by atoms with Crippen LogP contribution in [-0.4, -0.2) is 25.0 Å². The minimum atomic E-state index is -0.640. The number of esters is 1. The number of ether oxygens (including phenoxy) is 3. The summed E-state index contributed by atoms with van der Waals surface area (Å²) in [6.45, 7) is 5.81. The number of carbonyl (C=O) groups excluding carboxylic acids is 1. The molecule has 21 heavy (non-hydrogen) atoms. The van der Waals surface area contributed by atoms with Crippen molar-refractivity contribution in [3.8, 4) is 0 Å². The molecule has 1 saturated heterocycles. The van der Waals surface area contributed by atoms with Gasteiger partial charge in [-0.05, 0) is 19.4 Å². The summed E-state index contributed by atoms with van der Waals surface area (Å²) in [6, 6.07) is 9.99. The highest BCUT2D eigenvalue weighted by Gasteiger charge is 2.43. The molecule has 0 unspecified atom stereocenters. The lowest BCUT2D eigenvalue weighted by molar-refractivity contribution is -0.149. The van der Waals surface area contributed by atoms with Gasteiger partial charge in [-0.3, -0.25) is 0 Å². The van der Waals surface area contributed by atoms with Crippen LogP contribution >= 0.6 is 0 Å². The lowest BCUT2D eigenvalue weighted by atomic mass is 9.94. The van der Waals surface area contributed by atoms with Gasteiger partial charge in [0, 0.05) is 12.0 Å². The highest BCUT2D eigenvalue weighted by Crippen LogP contribution is 2.41. The van der Waals surface area contributed by atoms with Gasteiger partial charge < -0.3 is 14.2 Å². The summed E-state index contributed by atoms with van der Waals surface area (Å²) in [4.78, 5) is 11.2. The summed E-state index contributed by atoms with van der Waals surface area (Å²) in [5.41, 5.74) is 1.08. The van der Waals surface area contributed by atoms with Gasteiger partial charge in [0.2, 0.25) is 0 Å². The van der Waals surface area contributed by atoms with Crippen molar-refractivity contribution in [1.29, 1.82) is 0 Å². The van der Waals surface area contributed by atoms with E-state index < -0.39 is 5.79 Å². The summed E-state index contributed by atoms with van der Waals surface area (Å²) >= 11 is 0. The number of benzene rings is 1. The van der Waals surface area contributed by atoms with E-state index in [9.17, 15) is 4.79 Å². The second kappa shape index (κ2) is 6.41. The first-order chi connectivity index (χ1) is 9.93. The van der Waals surface area contributed by atoms with Crippen LogP contribution in [-0.2, 0) is 19.0 Å². The summed E-state index contributed by atoms with van der Waals surface area (Å²) < 4.78 is 16.7. The second-order valence-corrected chi connectivity index (χ2v) is 5.67. The van der Waals surface area contributed by atoms with E-state index in [-0.39, 0.29) is 24.1 Å². The number of methoxy groups -OCH3 is 1. The maximum absolute atomic E-state index is 11.2. The normalized spacial score (nSPS) is 25.9. The zero-order valence-corrected chi connectivity index (χ0v) is 12.9. The lowest BCUT2D eigenvalue weighted by Crippen LogP contribution is -2.25. The molecule has 1 aromatic carbocycles. The summed E-state index contributed by atoms with van der Waals surface area (Å²) in [7, 11) is 1.36. The van der Waals surface area contributed by atoms with Crippen LogP contribution in [0.4, 0.5) is 0 Å². The van der Waals surface area contributed by atoms with Crippen molar-refractivity contribution in [1.82, 2.24) is 0 Å². The Kier molecular flexibility index (Phi) is 4.80. The maximum Gasteiger partial charge on any atom is 0.330 e. The summed E-state index contributed by atoms with van der Waals surface area (Å²) in [5.74, 6) is -0.981. The summed E-state index contributed by atoms with van der Waals surface area (Å²) in [6.07, 6.45) is 2.93. The van der Waals surface area contributed by atoms with Crippen molar-refractivity contribution < 1.29 is 19.0 Å². The zero-order chi connectivity index (χ0) is 15.5. The number of hydrogen-bond acceptors (Lipinski definition) is 4. The van der Waals surface area contributed by atoms with Crippen LogP contribution in [0.3, 0.4) is 0 Å². The Morgan fingerprint density at radius 3 is 2.57 bits per heavy atom. The lowest BCUT2D eigenvalue weighted by Gasteiger charge is -2.21. The molecule has 1 aliphatic rings. The van der Waals surface area contributed by atoms with Gasteiger partial charge in [0.15, 0.2) is 5.79 Å². The molecule has 1 fully saturated rings. The summed E-state index contributed by atoms with van der Waals surface area (Å²) in [5, 5.41) is 0. The third-order valence-corrected chi connectivity index (χ3v) is 3.51. The average molecular weight is 290 g/mol. The first-order valence-electron chi connectivity index (χ1n) is 7.09. The topological polar surface area (TPSA) is 44.8 Å². The molecular formula is C17H22O4. The first-order valence-corrected chi connectivity index (χ1v) is 7.09. The number of rotatable bonds is 4. The molecule has 0 bridgehead atoms. The molecule has 4 nitrogen and oxygen atoms in total. The molecule has 2 rings (SSSR count). The van der Waals surface area contributed by atoms with Crippen molar-refractivity contribution in [2.24, 2.45) is 5.92 Å². The monoisotopic (exact) mass is 290 g/mol. The molecule has 1 aromatic rings. The van der Waals surface area contributed by atoms with Gasteiger partial charge in [-0.25, -0.2) is 4.79 Å². The standard InChI is InChI=1S/C17H22O4/c1-12(10-11-14(18)19-4)15-16(21-17(2,3)20-15)13-8-6-5-7-9-13/h5-12,15-16H,1-4H3/b11-10+/t12-,15-,16-/m1/s1. The first kappa shape index (κ1) is 15.7. The molecule has 0 saturated carbocycles. The van der Waals surface area contributed by atoms with Gasteiger partial charge in [-0.1, -0.05) is 43.3 Å². The molecule has 0 aromatic heterocycles. The Morgan fingerprint density at radius 1 is 1.29 bits per heavy atom.